The fourth-order valence-corrected chi connectivity index (χ4v) is 2.80. The van der Waals surface area contributed by atoms with Crippen LogP contribution in [-0.2, 0) is 11.3 Å². The minimum absolute atomic E-state index is 0.263. The van der Waals surface area contributed by atoms with E-state index in [4.69, 9.17) is 4.74 Å². The summed E-state index contributed by atoms with van der Waals surface area (Å²) in [6, 6.07) is 8.23. The van der Waals surface area contributed by atoms with Gasteiger partial charge in [0.25, 0.3) is 0 Å². The van der Waals surface area contributed by atoms with Crippen molar-refractivity contribution in [1.29, 1.82) is 0 Å². The quantitative estimate of drug-likeness (QED) is 0.861. The molecule has 0 aliphatic carbocycles. The van der Waals surface area contributed by atoms with E-state index in [9.17, 15) is 4.79 Å². The summed E-state index contributed by atoms with van der Waals surface area (Å²) in [5.74, 6) is 1.15. The number of carbonyl (C=O) groups is 1. The van der Waals surface area contributed by atoms with Gasteiger partial charge in [-0.15, -0.1) is 0 Å². The molecular formula is C18H28N2O2. The van der Waals surface area contributed by atoms with Crippen LogP contribution in [0.1, 0.15) is 32.8 Å². The smallest absolute Gasteiger partial charge is 0.227 e. The SMILES string of the molecule is COc1ccc(CN2CCCN(C(=O)C(C)(C)C)CC2)cc1. The maximum Gasteiger partial charge on any atom is 0.227 e. The molecule has 1 heterocycles. The van der Waals surface area contributed by atoms with Crippen molar-refractivity contribution in [1.82, 2.24) is 9.80 Å². The molecule has 122 valence electrons. The zero-order chi connectivity index (χ0) is 16.2. The molecule has 0 aromatic heterocycles. The van der Waals surface area contributed by atoms with Gasteiger partial charge in [0.05, 0.1) is 7.11 Å². The van der Waals surface area contributed by atoms with Crippen LogP contribution in [0.15, 0.2) is 24.3 Å². The number of amides is 1. The monoisotopic (exact) mass is 304 g/mol. The first-order valence-electron chi connectivity index (χ1n) is 8.05. The first kappa shape index (κ1) is 16.8. The molecule has 1 aliphatic rings. The summed E-state index contributed by atoms with van der Waals surface area (Å²) >= 11 is 0. The molecule has 1 aromatic rings. The predicted molar refractivity (Wildman–Crippen MR) is 88.9 cm³/mol. The van der Waals surface area contributed by atoms with E-state index in [0.717, 1.165) is 44.9 Å². The average molecular weight is 304 g/mol. The first-order chi connectivity index (χ1) is 10.4. The van der Waals surface area contributed by atoms with E-state index in [0.29, 0.717) is 0 Å². The van der Waals surface area contributed by atoms with Crippen molar-refractivity contribution in [3.05, 3.63) is 29.8 Å². The van der Waals surface area contributed by atoms with Crippen LogP contribution in [0.3, 0.4) is 0 Å². The third kappa shape index (κ3) is 4.47. The van der Waals surface area contributed by atoms with E-state index < -0.39 is 0 Å². The minimum Gasteiger partial charge on any atom is -0.497 e. The lowest BCUT2D eigenvalue weighted by Gasteiger charge is -2.28. The van der Waals surface area contributed by atoms with Crippen LogP contribution < -0.4 is 4.74 Å². The lowest BCUT2D eigenvalue weighted by molar-refractivity contribution is -0.139. The van der Waals surface area contributed by atoms with Crippen LogP contribution in [0.25, 0.3) is 0 Å². The zero-order valence-corrected chi connectivity index (χ0v) is 14.3. The van der Waals surface area contributed by atoms with Gasteiger partial charge in [-0.1, -0.05) is 32.9 Å². The highest BCUT2D eigenvalue weighted by atomic mass is 16.5. The maximum absolute atomic E-state index is 12.4. The van der Waals surface area contributed by atoms with Gasteiger partial charge in [-0.05, 0) is 24.1 Å². The summed E-state index contributed by atoms with van der Waals surface area (Å²) in [5, 5.41) is 0. The molecule has 22 heavy (non-hydrogen) atoms. The fourth-order valence-electron chi connectivity index (χ4n) is 2.80. The van der Waals surface area contributed by atoms with E-state index in [1.807, 2.05) is 37.8 Å². The second kappa shape index (κ2) is 7.14. The molecule has 4 heteroatoms. The molecule has 0 atom stereocenters. The Bertz CT molecular complexity index is 491. The molecule has 0 radical (unpaired) electrons. The minimum atomic E-state index is -0.287. The molecule has 4 nitrogen and oxygen atoms in total. The molecule has 1 amide bonds. The Morgan fingerprint density at radius 3 is 2.36 bits per heavy atom. The number of benzene rings is 1. The van der Waals surface area contributed by atoms with E-state index in [1.54, 1.807) is 7.11 Å². The van der Waals surface area contributed by atoms with Crippen LogP contribution in [-0.4, -0.2) is 49.0 Å². The van der Waals surface area contributed by atoms with Gasteiger partial charge >= 0.3 is 0 Å². The Labute approximate surface area is 134 Å². The lowest BCUT2D eigenvalue weighted by atomic mass is 9.94. The number of hydrogen-bond donors (Lipinski definition) is 0. The number of carbonyl (C=O) groups excluding carboxylic acids is 1. The van der Waals surface area contributed by atoms with Gasteiger partial charge in [0.1, 0.15) is 5.75 Å². The highest BCUT2D eigenvalue weighted by molar-refractivity contribution is 5.81. The second-order valence-electron chi connectivity index (χ2n) is 7.02. The number of methoxy groups -OCH3 is 1. The third-order valence-electron chi connectivity index (χ3n) is 4.08. The fraction of sp³-hybridized carbons (Fsp3) is 0.611. The molecule has 0 N–H and O–H groups in total. The summed E-state index contributed by atoms with van der Waals surface area (Å²) in [4.78, 5) is 16.9. The van der Waals surface area contributed by atoms with Gasteiger partial charge < -0.3 is 9.64 Å². The summed E-state index contributed by atoms with van der Waals surface area (Å²) in [5.41, 5.74) is 1.00. The topological polar surface area (TPSA) is 32.8 Å². The molecule has 2 rings (SSSR count). The van der Waals surface area contributed by atoms with Crippen LogP contribution >= 0.6 is 0 Å². The van der Waals surface area contributed by atoms with E-state index >= 15 is 0 Å². The van der Waals surface area contributed by atoms with Gasteiger partial charge in [0.2, 0.25) is 5.91 Å². The Balaban J connectivity index is 1.91. The van der Waals surface area contributed by atoms with E-state index in [1.165, 1.54) is 5.56 Å². The average Bonchev–Trinajstić information content (AvgIpc) is 2.72. The number of nitrogens with zero attached hydrogens (tertiary/aromatic N) is 2. The highest BCUT2D eigenvalue weighted by Crippen LogP contribution is 2.19. The van der Waals surface area contributed by atoms with E-state index in [2.05, 4.69) is 17.0 Å². The van der Waals surface area contributed by atoms with Crippen molar-refractivity contribution in [2.75, 3.05) is 33.3 Å². The molecule has 0 saturated carbocycles. The van der Waals surface area contributed by atoms with Crippen molar-refractivity contribution < 1.29 is 9.53 Å². The Morgan fingerprint density at radius 2 is 1.77 bits per heavy atom. The van der Waals surface area contributed by atoms with Crippen LogP contribution in [0, 0.1) is 5.41 Å². The van der Waals surface area contributed by atoms with Crippen LogP contribution in [0.4, 0.5) is 0 Å². The number of rotatable bonds is 3. The van der Waals surface area contributed by atoms with Gasteiger partial charge in [0.15, 0.2) is 0 Å². The summed E-state index contributed by atoms with van der Waals surface area (Å²) in [6.45, 7) is 10.6. The van der Waals surface area contributed by atoms with E-state index in [-0.39, 0.29) is 11.3 Å². The molecule has 0 bridgehead atoms. The standard InChI is InChI=1S/C18H28N2O2/c1-18(2,3)17(21)20-11-5-10-19(12-13-20)14-15-6-8-16(22-4)9-7-15/h6-9H,5,10-14H2,1-4H3. The Hall–Kier alpha value is -1.55. The predicted octanol–water partition coefficient (Wildman–Crippen LogP) is 2.78. The summed E-state index contributed by atoms with van der Waals surface area (Å²) in [6.07, 6.45) is 1.04. The Kier molecular flexibility index (Phi) is 5.46. The Morgan fingerprint density at radius 1 is 1.09 bits per heavy atom. The number of hydrogen-bond acceptors (Lipinski definition) is 3. The third-order valence-corrected chi connectivity index (χ3v) is 4.08. The number of ether oxygens (including phenoxy) is 1. The first-order valence-corrected chi connectivity index (χ1v) is 8.05. The van der Waals surface area contributed by atoms with Crippen LogP contribution in [0.2, 0.25) is 0 Å². The second-order valence-corrected chi connectivity index (χ2v) is 7.02. The molecule has 0 unspecified atom stereocenters. The van der Waals surface area contributed by atoms with Crippen molar-refractivity contribution in [3.63, 3.8) is 0 Å². The van der Waals surface area contributed by atoms with Crippen molar-refractivity contribution in [2.45, 2.75) is 33.7 Å². The molecule has 0 spiro atoms. The zero-order valence-electron chi connectivity index (χ0n) is 14.3. The van der Waals surface area contributed by atoms with Gasteiger partial charge in [-0.25, -0.2) is 0 Å². The van der Waals surface area contributed by atoms with Crippen molar-refractivity contribution >= 4 is 5.91 Å². The molecule has 1 aliphatic heterocycles. The van der Waals surface area contributed by atoms with Crippen molar-refractivity contribution in [2.24, 2.45) is 5.41 Å². The maximum atomic E-state index is 12.4. The molecular weight excluding hydrogens is 276 g/mol. The summed E-state index contributed by atoms with van der Waals surface area (Å²) in [7, 11) is 1.69. The van der Waals surface area contributed by atoms with Crippen LogP contribution in [0.5, 0.6) is 5.75 Å². The largest absolute Gasteiger partial charge is 0.497 e. The molecule has 1 fully saturated rings. The normalized spacial score (nSPS) is 17.2. The van der Waals surface area contributed by atoms with Gasteiger partial charge in [-0.2, -0.15) is 0 Å². The molecule has 1 aromatic carbocycles. The molecule has 1 saturated heterocycles. The lowest BCUT2D eigenvalue weighted by Crippen LogP contribution is -2.41. The van der Waals surface area contributed by atoms with Gasteiger partial charge in [-0.3, -0.25) is 9.69 Å². The van der Waals surface area contributed by atoms with Crippen molar-refractivity contribution in [3.8, 4) is 5.75 Å². The van der Waals surface area contributed by atoms with Gasteiger partial charge in [0, 0.05) is 38.1 Å². The summed E-state index contributed by atoms with van der Waals surface area (Å²) < 4.78 is 5.19. The highest BCUT2D eigenvalue weighted by Gasteiger charge is 2.28.